The zero-order chi connectivity index (χ0) is 15.1. The number of nitrogens with one attached hydrogen (secondary N) is 2. The van der Waals surface area contributed by atoms with Gasteiger partial charge in [-0.2, -0.15) is 0 Å². The third-order valence-corrected chi connectivity index (χ3v) is 7.61. The van der Waals surface area contributed by atoms with Crippen LogP contribution in [-0.4, -0.2) is 29.5 Å². The van der Waals surface area contributed by atoms with E-state index in [1.165, 1.54) is 64.2 Å². The van der Waals surface area contributed by atoms with Crippen LogP contribution in [-0.2, 0) is 0 Å². The first kappa shape index (κ1) is 15.7. The lowest BCUT2D eigenvalue weighted by Crippen LogP contribution is -2.54. The van der Waals surface area contributed by atoms with E-state index in [9.17, 15) is 0 Å². The van der Waals surface area contributed by atoms with Crippen molar-refractivity contribution < 1.29 is 0 Å². The number of fused-ring (bicyclic) bond motifs is 3. The van der Waals surface area contributed by atoms with Gasteiger partial charge in [0.15, 0.2) is 0 Å². The van der Waals surface area contributed by atoms with Crippen molar-refractivity contribution in [3.8, 4) is 0 Å². The molecule has 4 fully saturated rings. The van der Waals surface area contributed by atoms with Gasteiger partial charge in [0.2, 0.25) is 0 Å². The number of hydrogen-bond donors (Lipinski definition) is 2. The second-order valence-corrected chi connectivity index (χ2v) is 9.32. The molecule has 0 aromatic rings. The molecule has 6 atom stereocenters. The van der Waals surface area contributed by atoms with E-state index in [1.807, 2.05) is 0 Å². The van der Waals surface area contributed by atoms with Crippen LogP contribution in [0.5, 0.6) is 0 Å². The number of hydrogen-bond acceptors (Lipinski definition) is 2. The first-order chi connectivity index (χ1) is 10.7. The minimum atomic E-state index is 0.436. The molecule has 6 unspecified atom stereocenters. The summed E-state index contributed by atoms with van der Waals surface area (Å²) in [5.41, 5.74) is 0. The molecule has 0 spiro atoms. The van der Waals surface area contributed by atoms with Crippen LogP contribution in [0.3, 0.4) is 0 Å². The molecule has 3 heteroatoms. The van der Waals surface area contributed by atoms with Crippen LogP contribution >= 0.6 is 11.6 Å². The zero-order valence-corrected chi connectivity index (χ0v) is 14.8. The second kappa shape index (κ2) is 6.61. The zero-order valence-electron chi connectivity index (χ0n) is 14.1. The summed E-state index contributed by atoms with van der Waals surface area (Å²) >= 11 is 6.27. The Balaban J connectivity index is 1.40. The number of rotatable bonds is 2. The number of alkyl halides is 1. The van der Waals surface area contributed by atoms with Gasteiger partial charge in [0, 0.05) is 29.5 Å². The van der Waals surface area contributed by atoms with Crippen LogP contribution in [0.2, 0.25) is 0 Å². The van der Waals surface area contributed by atoms with E-state index in [4.69, 9.17) is 11.6 Å². The lowest BCUT2D eigenvalue weighted by Gasteiger charge is -2.40. The summed E-state index contributed by atoms with van der Waals surface area (Å²) in [7, 11) is 0. The topological polar surface area (TPSA) is 24.1 Å². The minimum absolute atomic E-state index is 0.436. The van der Waals surface area contributed by atoms with Crippen molar-refractivity contribution in [1.29, 1.82) is 0 Å². The van der Waals surface area contributed by atoms with Crippen LogP contribution in [0.15, 0.2) is 0 Å². The van der Waals surface area contributed by atoms with E-state index >= 15 is 0 Å². The SMILES string of the molecule is CC1CCC2NC3C(NC4CCC(Cl)CC4)CCCC3C2C1. The fourth-order valence-electron chi connectivity index (χ4n) is 6.01. The highest BCUT2D eigenvalue weighted by atomic mass is 35.5. The van der Waals surface area contributed by atoms with Gasteiger partial charge in [0.1, 0.15) is 0 Å². The summed E-state index contributed by atoms with van der Waals surface area (Å²) in [5.74, 6) is 2.87. The van der Waals surface area contributed by atoms with Gasteiger partial charge in [0.05, 0.1) is 0 Å². The monoisotopic (exact) mass is 324 g/mol. The summed E-state index contributed by atoms with van der Waals surface area (Å²) in [6.45, 7) is 2.46. The Morgan fingerprint density at radius 1 is 0.909 bits per heavy atom. The molecule has 4 rings (SSSR count). The molecule has 3 aliphatic carbocycles. The Morgan fingerprint density at radius 2 is 1.73 bits per heavy atom. The lowest BCUT2D eigenvalue weighted by atomic mass is 9.69. The van der Waals surface area contributed by atoms with Crippen LogP contribution in [0, 0.1) is 17.8 Å². The molecule has 0 radical (unpaired) electrons. The summed E-state index contributed by atoms with van der Waals surface area (Å²) < 4.78 is 0. The van der Waals surface area contributed by atoms with Crippen LogP contribution in [0.1, 0.15) is 71.1 Å². The van der Waals surface area contributed by atoms with Crippen LogP contribution < -0.4 is 10.6 Å². The van der Waals surface area contributed by atoms with Gasteiger partial charge in [0.25, 0.3) is 0 Å². The molecule has 126 valence electrons. The van der Waals surface area contributed by atoms with Crippen LogP contribution in [0.25, 0.3) is 0 Å². The van der Waals surface area contributed by atoms with Crippen molar-refractivity contribution in [3.05, 3.63) is 0 Å². The van der Waals surface area contributed by atoms with E-state index < -0.39 is 0 Å². The predicted molar refractivity (Wildman–Crippen MR) is 93.4 cm³/mol. The van der Waals surface area contributed by atoms with Crippen molar-refractivity contribution in [2.24, 2.45) is 17.8 Å². The molecule has 0 aromatic carbocycles. The number of halogens is 1. The van der Waals surface area contributed by atoms with E-state index in [2.05, 4.69) is 17.6 Å². The minimum Gasteiger partial charge on any atom is -0.310 e. The van der Waals surface area contributed by atoms with E-state index in [-0.39, 0.29) is 0 Å². The molecule has 3 saturated carbocycles. The highest BCUT2D eigenvalue weighted by molar-refractivity contribution is 6.20. The maximum Gasteiger partial charge on any atom is 0.0337 e. The maximum absolute atomic E-state index is 6.27. The summed E-state index contributed by atoms with van der Waals surface area (Å²) in [6, 6.07) is 3.02. The van der Waals surface area contributed by atoms with Gasteiger partial charge < -0.3 is 10.6 Å². The predicted octanol–water partition coefficient (Wildman–Crippen LogP) is 4.07. The Morgan fingerprint density at radius 3 is 2.55 bits per heavy atom. The summed E-state index contributed by atoms with van der Waals surface area (Å²) in [5, 5.41) is 8.56. The lowest BCUT2D eigenvalue weighted by molar-refractivity contribution is 0.170. The van der Waals surface area contributed by atoms with Crippen LogP contribution in [0.4, 0.5) is 0 Å². The smallest absolute Gasteiger partial charge is 0.0337 e. The molecule has 0 aromatic heterocycles. The molecule has 1 heterocycles. The molecular weight excluding hydrogens is 292 g/mol. The average Bonchev–Trinajstić information content (AvgIpc) is 2.89. The van der Waals surface area contributed by atoms with Gasteiger partial charge in [-0.15, -0.1) is 11.6 Å². The fraction of sp³-hybridized carbons (Fsp3) is 1.00. The molecule has 0 bridgehead atoms. The molecule has 22 heavy (non-hydrogen) atoms. The fourth-order valence-corrected chi connectivity index (χ4v) is 6.26. The Kier molecular flexibility index (Phi) is 4.72. The largest absolute Gasteiger partial charge is 0.310 e. The molecular formula is C19H33ClN2. The van der Waals surface area contributed by atoms with E-state index in [0.717, 1.165) is 41.9 Å². The quantitative estimate of drug-likeness (QED) is 0.748. The van der Waals surface area contributed by atoms with Gasteiger partial charge in [-0.25, -0.2) is 0 Å². The molecule has 0 amide bonds. The molecule has 2 N–H and O–H groups in total. The second-order valence-electron chi connectivity index (χ2n) is 8.70. The Hall–Kier alpha value is 0.210. The highest BCUT2D eigenvalue weighted by Gasteiger charge is 2.48. The highest BCUT2D eigenvalue weighted by Crippen LogP contribution is 2.45. The van der Waals surface area contributed by atoms with Gasteiger partial charge in [-0.3, -0.25) is 0 Å². The first-order valence-electron chi connectivity index (χ1n) is 9.87. The summed E-state index contributed by atoms with van der Waals surface area (Å²) in [6.07, 6.45) is 13.6. The maximum atomic E-state index is 6.27. The normalized spacial score (nSPS) is 52.1. The Bertz CT molecular complexity index is 380. The van der Waals surface area contributed by atoms with E-state index in [1.54, 1.807) is 0 Å². The van der Waals surface area contributed by atoms with Gasteiger partial charge >= 0.3 is 0 Å². The average molecular weight is 325 g/mol. The molecule has 4 aliphatic rings. The molecule has 2 nitrogen and oxygen atoms in total. The molecule has 1 aliphatic heterocycles. The van der Waals surface area contributed by atoms with Crippen molar-refractivity contribution in [2.75, 3.05) is 0 Å². The van der Waals surface area contributed by atoms with Crippen molar-refractivity contribution in [1.82, 2.24) is 10.6 Å². The van der Waals surface area contributed by atoms with Crippen molar-refractivity contribution in [3.63, 3.8) is 0 Å². The first-order valence-corrected chi connectivity index (χ1v) is 10.3. The Labute approximate surface area is 141 Å². The molecule has 1 saturated heterocycles. The van der Waals surface area contributed by atoms with E-state index in [0.29, 0.717) is 5.38 Å². The summed E-state index contributed by atoms with van der Waals surface area (Å²) in [4.78, 5) is 0. The standard InChI is InChI=1S/C19H33ClN2/c1-12-5-10-17-16(11-12)15-3-2-4-18(19(15)22-17)21-14-8-6-13(20)7-9-14/h12-19,21-22H,2-11H2,1H3. The van der Waals surface area contributed by atoms with Gasteiger partial charge in [-0.05, 0) is 75.5 Å². The third kappa shape index (κ3) is 3.08. The van der Waals surface area contributed by atoms with Crippen molar-refractivity contribution in [2.45, 2.75) is 101 Å². The van der Waals surface area contributed by atoms with Crippen molar-refractivity contribution >= 4 is 11.6 Å². The van der Waals surface area contributed by atoms with Gasteiger partial charge in [-0.1, -0.05) is 13.3 Å². The third-order valence-electron chi connectivity index (χ3n) is 7.17.